The van der Waals surface area contributed by atoms with Gasteiger partial charge in [-0.3, -0.25) is 14.4 Å². The fourth-order valence-electron chi connectivity index (χ4n) is 1.84. The van der Waals surface area contributed by atoms with Gasteiger partial charge in [0, 0.05) is 18.2 Å². The van der Waals surface area contributed by atoms with Crippen LogP contribution in [0.1, 0.15) is 18.6 Å². The third-order valence-electron chi connectivity index (χ3n) is 3.02. The van der Waals surface area contributed by atoms with Gasteiger partial charge in [0.2, 0.25) is 5.91 Å². The molecular weight excluding hydrogens is 385 g/mol. The number of nitrogens with one attached hydrogen (secondary N) is 2. The first kappa shape index (κ1) is 19.7. The van der Waals surface area contributed by atoms with Crippen LogP contribution in [-0.4, -0.2) is 29.5 Å². The Hall–Kier alpha value is -2.58. The summed E-state index contributed by atoms with van der Waals surface area (Å²) in [7, 11) is 0. The second kappa shape index (κ2) is 9.21. The predicted octanol–water partition coefficient (Wildman–Crippen LogP) is 3.19. The summed E-state index contributed by atoms with van der Waals surface area (Å²) in [6.45, 7) is 1.19. The molecule has 2 N–H and O–H groups in total. The van der Waals surface area contributed by atoms with Gasteiger partial charge in [0.25, 0.3) is 5.91 Å². The van der Waals surface area contributed by atoms with Gasteiger partial charge in [-0.1, -0.05) is 28.4 Å². The molecule has 0 radical (unpaired) electrons. The SMILES string of the molecule is Cc1cc(NC(=O)COC(=O)CCC(=O)Nc2ccc(Cl)c(Cl)c2)no1. The van der Waals surface area contributed by atoms with Crippen LogP contribution in [0.4, 0.5) is 11.5 Å². The molecule has 2 rings (SSSR count). The van der Waals surface area contributed by atoms with E-state index in [2.05, 4.69) is 15.8 Å². The molecule has 0 aliphatic carbocycles. The first-order chi connectivity index (χ1) is 12.3. The highest BCUT2D eigenvalue weighted by Crippen LogP contribution is 2.25. The van der Waals surface area contributed by atoms with Gasteiger partial charge in [0.05, 0.1) is 16.5 Å². The highest BCUT2D eigenvalue weighted by Gasteiger charge is 2.12. The minimum absolute atomic E-state index is 0.108. The van der Waals surface area contributed by atoms with Crippen LogP contribution in [0, 0.1) is 6.92 Å². The first-order valence-electron chi connectivity index (χ1n) is 7.47. The van der Waals surface area contributed by atoms with Crippen molar-refractivity contribution in [3.05, 3.63) is 40.1 Å². The summed E-state index contributed by atoms with van der Waals surface area (Å²) in [5.41, 5.74) is 0.458. The summed E-state index contributed by atoms with van der Waals surface area (Å²) < 4.78 is 9.58. The lowest BCUT2D eigenvalue weighted by molar-refractivity contribution is -0.147. The number of hydrogen-bond donors (Lipinski definition) is 2. The van der Waals surface area contributed by atoms with E-state index in [1.807, 2.05) is 0 Å². The van der Waals surface area contributed by atoms with Crippen molar-refractivity contribution in [1.29, 1.82) is 0 Å². The standard InChI is InChI=1S/C16H15Cl2N3O5/c1-9-6-13(21-26-9)20-15(23)8-25-16(24)5-4-14(22)19-10-2-3-11(17)12(18)7-10/h2-3,6-7H,4-5,8H2,1H3,(H,19,22)(H,20,21,23). The van der Waals surface area contributed by atoms with E-state index >= 15 is 0 Å². The number of nitrogens with zero attached hydrogens (tertiary/aromatic N) is 1. The van der Waals surface area contributed by atoms with Crippen molar-refractivity contribution in [3.63, 3.8) is 0 Å². The Labute approximate surface area is 158 Å². The number of aryl methyl sites for hydroxylation is 1. The van der Waals surface area contributed by atoms with Crippen LogP contribution in [0.5, 0.6) is 0 Å². The lowest BCUT2D eigenvalue weighted by atomic mass is 10.2. The molecule has 138 valence electrons. The minimum atomic E-state index is -0.680. The quantitative estimate of drug-likeness (QED) is 0.691. The highest BCUT2D eigenvalue weighted by atomic mass is 35.5. The number of rotatable bonds is 7. The van der Waals surface area contributed by atoms with Crippen molar-refractivity contribution in [2.75, 3.05) is 17.2 Å². The van der Waals surface area contributed by atoms with Gasteiger partial charge in [-0.05, 0) is 25.1 Å². The average Bonchev–Trinajstić information content (AvgIpc) is 2.99. The van der Waals surface area contributed by atoms with Gasteiger partial charge in [0.1, 0.15) is 5.76 Å². The number of carbonyl (C=O) groups is 3. The van der Waals surface area contributed by atoms with E-state index in [0.29, 0.717) is 21.5 Å². The zero-order chi connectivity index (χ0) is 19.1. The Bertz CT molecular complexity index is 822. The number of amides is 2. The van der Waals surface area contributed by atoms with Crippen molar-refractivity contribution >= 4 is 52.5 Å². The van der Waals surface area contributed by atoms with Gasteiger partial charge in [0.15, 0.2) is 12.4 Å². The van der Waals surface area contributed by atoms with Gasteiger partial charge in [-0.25, -0.2) is 0 Å². The lowest BCUT2D eigenvalue weighted by Crippen LogP contribution is -2.22. The second-order valence-corrected chi connectivity index (χ2v) is 6.02. The van der Waals surface area contributed by atoms with Crippen LogP contribution in [0.3, 0.4) is 0 Å². The maximum atomic E-state index is 11.8. The zero-order valence-corrected chi connectivity index (χ0v) is 15.2. The van der Waals surface area contributed by atoms with Crippen LogP contribution in [0.25, 0.3) is 0 Å². The highest BCUT2D eigenvalue weighted by molar-refractivity contribution is 6.42. The van der Waals surface area contributed by atoms with Crippen molar-refractivity contribution in [2.45, 2.75) is 19.8 Å². The number of ether oxygens (including phenoxy) is 1. The molecule has 0 fully saturated rings. The van der Waals surface area contributed by atoms with Crippen molar-refractivity contribution in [1.82, 2.24) is 5.16 Å². The molecule has 2 aromatic rings. The molecule has 10 heteroatoms. The molecule has 26 heavy (non-hydrogen) atoms. The lowest BCUT2D eigenvalue weighted by Gasteiger charge is -2.07. The maximum Gasteiger partial charge on any atom is 0.306 e. The summed E-state index contributed by atoms with van der Waals surface area (Å²) in [6, 6.07) is 6.15. The van der Waals surface area contributed by atoms with E-state index in [0.717, 1.165) is 0 Å². The molecule has 2 amide bonds. The molecule has 0 atom stereocenters. The molecule has 0 unspecified atom stereocenters. The molecule has 0 saturated heterocycles. The van der Waals surface area contributed by atoms with E-state index in [1.54, 1.807) is 19.1 Å². The topological polar surface area (TPSA) is 111 Å². The van der Waals surface area contributed by atoms with E-state index in [4.69, 9.17) is 32.5 Å². The average molecular weight is 400 g/mol. The number of halogens is 2. The van der Waals surface area contributed by atoms with Crippen LogP contribution >= 0.6 is 23.2 Å². The molecule has 8 nitrogen and oxygen atoms in total. The molecular formula is C16H15Cl2N3O5. The summed E-state index contributed by atoms with van der Waals surface area (Å²) >= 11 is 11.6. The Kier molecular flexibility index (Phi) is 6.99. The minimum Gasteiger partial charge on any atom is -0.456 e. The molecule has 0 bridgehead atoms. The van der Waals surface area contributed by atoms with Crippen molar-refractivity contribution in [2.24, 2.45) is 0 Å². The number of anilines is 2. The molecule has 1 aromatic carbocycles. The summed E-state index contributed by atoms with van der Waals surface area (Å²) in [5.74, 6) is -0.884. The predicted molar refractivity (Wildman–Crippen MR) is 95.2 cm³/mol. The van der Waals surface area contributed by atoms with Crippen LogP contribution in [-0.2, 0) is 19.1 Å². The third-order valence-corrected chi connectivity index (χ3v) is 3.76. The maximum absolute atomic E-state index is 11.8. The summed E-state index contributed by atoms with van der Waals surface area (Å²) in [4.78, 5) is 35.0. The van der Waals surface area contributed by atoms with E-state index in [9.17, 15) is 14.4 Å². The Balaban J connectivity index is 1.68. The smallest absolute Gasteiger partial charge is 0.306 e. The Morgan fingerprint density at radius 2 is 1.85 bits per heavy atom. The normalized spacial score (nSPS) is 10.3. The van der Waals surface area contributed by atoms with Crippen LogP contribution < -0.4 is 10.6 Å². The third kappa shape index (κ3) is 6.38. The summed E-state index contributed by atoms with van der Waals surface area (Å²) in [6.07, 6.45) is -0.285. The van der Waals surface area contributed by atoms with Gasteiger partial charge >= 0.3 is 5.97 Å². The van der Waals surface area contributed by atoms with Crippen molar-refractivity contribution in [3.8, 4) is 0 Å². The van der Waals surface area contributed by atoms with Gasteiger partial charge in [-0.15, -0.1) is 0 Å². The number of benzene rings is 1. The van der Waals surface area contributed by atoms with Crippen molar-refractivity contribution < 1.29 is 23.6 Å². The van der Waals surface area contributed by atoms with E-state index < -0.39 is 24.4 Å². The molecule has 0 aliphatic heterocycles. The molecule has 0 saturated carbocycles. The molecule has 0 spiro atoms. The van der Waals surface area contributed by atoms with Crippen LogP contribution in [0.2, 0.25) is 10.0 Å². The molecule has 0 aliphatic rings. The monoisotopic (exact) mass is 399 g/mol. The number of hydrogen-bond acceptors (Lipinski definition) is 6. The first-order valence-corrected chi connectivity index (χ1v) is 8.23. The zero-order valence-electron chi connectivity index (χ0n) is 13.7. The van der Waals surface area contributed by atoms with Gasteiger partial charge in [-0.2, -0.15) is 0 Å². The largest absolute Gasteiger partial charge is 0.456 e. The second-order valence-electron chi connectivity index (χ2n) is 5.21. The molecule has 1 aromatic heterocycles. The van der Waals surface area contributed by atoms with E-state index in [-0.39, 0.29) is 18.7 Å². The Morgan fingerprint density at radius 3 is 2.50 bits per heavy atom. The number of carbonyl (C=O) groups excluding carboxylic acids is 3. The van der Waals surface area contributed by atoms with Gasteiger partial charge < -0.3 is 19.9 Å². The number of aromatic nitrogens is 1. The number of esters is 1. The van der Waals surface area contributed by atoms with E-state index in [1.165, 1.54) is 12.1 Å². The fourth-order valence-corrected chi connectivity index (χ4v) is 2.13. The van der Waals surface area contributed by atoms with Crippen LogP contribution in [0.15, 0.2) is 28.8 Å². The fraction of sp³-hybridized carbons (Fsp3) is 0.250. The summed E-state index contributed by atoms with van der Waals surface area (Å²) in [5, 5.41) is 9.23. The molecule has 1 heterocycles. The Morgan fingerprint density at radius 1 is 1.08 bits per heavy atom.